The summed E-state index contributed by atoms with van der Waals surface area (Å²) in [6.45, 7) is 7.11. The molecular weight excluding hydrogens is 420 g/mol. The van der Waals surface area contributed by atoms with Crippen molar-refractivity contribution in [2.75, 3.05) is 6.54 Å². The number of carbonyl (C=O) groups is 2. The van der Waals surface area contributed by atoms with E-state index in [1.807, 2.05) is 73.7 Å². The highest BCUT2D eigenvalue weighted by atomic mass is 16.2. The molecule has 0 bridgehead atoms. The summed E-state index contributed by atoms with van der Waals surface area (Å²) in [4.78, 5) is 28.8. The van der Waals surface area contributed by atoms with Crippen molar-refractivity contribution in [2.45, 2.75) is 52.1 Å². The highest BCUT2D eigenvalue weighted by Gasteiger charge is 2.30. The molecule has 0 aliphatic carbocycles. The molecule has 0 heterocycles. The molecule has 178 valence electrons. The second kappa shape index (κ2) is 12.7. The molecule has 1 atom stereocenters. The Bertz CT molecular complexity index is 980. The fourth-order valence-electron chi connectivity index (χ4n) is 4.21. The van der Waals surface area contributed by atoms with Gasteiger partial charge in [-0.3, -0.25) is 9.59 Å². The molecule has 0 aliphatic rings. The van der Waals surface area contributed by atoms with Crippen molar-refractivity contribution in [3.8, 4) is 0 Å². The maximum atomic E-state index is 13.9. The van der Waals surface area contributed by atoms with Gasteiger partial charge < -0.3 is 10.2 Å². The van der Waals surface area contributed by atoms with Crippen LogP contribution in [-0.2, 0) is 16.1 Å². The first kappa shape index (κ1) is 25.2. The van der Waals surface area contributed by atoms with Crippen LogP contribution in [0.15, 0.2) is 91.0 Å². The van der Waals surface area contributed by atoms with Crippen LogP contribution >= 0.6 is 0 Å². The molecule has 2 amide bonds. The van der Waals surface area contributed by atoms with Crippen molar-refractivity contribution < 1.29 is 9.59 Å². The van der Waals surface area contributed by atoms with Crippen LogP contribution < -0.4 is 5.32 Å². The minimum atomic E-state index is -0.515. The number of hydrogen-bond donors (Lipinski definition) is 1. The van der Waals surface area contributed by atoms with Gasteiger partial charge >= 0.3 is 0 Å². The van der Waals surface area contributed by atoms with E-state index in [9.17, 15) is 9.59 Å². The van der Waals surface area contributed by atoms with E-state index in [4.69, 9.17) is 0 Å². The molecule has 0 saturated carbocycles. The Morgan fingerprint density at radius 2 is 1.29 bits per heavy atom. The molecule has 1 unspecified atom stereocenters. The van der Waals surface area contributed by atoms with Gasteiger partial charge in [-0.2, -0.15) is 0 Å². The van der Waals surface area contributed by atoms with Crippen LogP contribution in [-0.4, -0.2) is 29.3 Å². The van der Waals surface area contributed by atoms with E-state index in [1.165, 1.54) is 0 Å². The Kier molecular flexibility index (Phi) is 9.45. The minimum Gasteiger partial charge on any atom is -0.354 e. The first-order valence-corrected chi connectivity index (χ1v) is 12.2. The molecule has 4 nitrogen and oxygen atoms in total. The van der Waals surface area contributed by atoms with Crippen molar-refractivity contribution in [2.24, 2.45) is 5.92 Å². The number of nitrogens with one attached hydrogen (secondary N) is 1. The molecule has 0 saturated heterocycles. The predicted molar refractivity (Wildman–Crippen MR) is 138 cm³/mol. The molecule has 3 rings (SSSR count). The fraction of sp³-hybridized carbons (Fsp3) is 0.333. The Morgan fingerprint density at radius 3 is 1.76 bits per heavy atom. The zero-order chi connectivity index (χ0) is 24.3. The number of hydrogen-bond acceptors (Lipinski definition) is 2. The van der Waals surface area contributed by atoms with Crippen LogP contribution in [0.1, 0.15) is 56.2 Å². The van der Waals surface area contributed by atoms with Gasteiger partial charge in [0.25, 0.3) is 0 Å². The standard InChI is InChI=1S/C30H36N2O2/c1-4-28(30(34)31-21-23(2)3)32(22-24-14-8-5-9-15-24)29(33)20-27(25-16-10-6-11-17-25)26-18-12-7-13-19-26/h5-19,23,27-28H,4,20-22H2,1-3H3,(H,31,34). The van der Waals surface area contributed by atoms with E-state index in [1.54, 1.807) is 4.90 Å². The topological polar surface area (TPSA) is 49.4 Å². The van der Waals surface area contributed by atoms with Gasteiger partial charge in [-0.25, -0.2) is 0 Å². The predicted octanol–water partition coefficient (Wildman–Crippen LogP) is 5.79. The van der Waals surface area contributed by atoms with Gasteiger partial charge in [-0.1, -0.05) is 112 Å². The summed E-state index contributed by atoms with van der Waals surface area (Å²) in [6, 6.07) is 29.7. The van der Waals surface area contributed by atoms with Gasteiger partial charge in [-0.05, 0) is 29.0 Å². The quantitative estimate of drug-likeness (QED) is 0.397. The summed E-state index contributed by atoms with van der Waals surface area (Å²) in [7, 11) is 0. The molecule has 0 aliphatic heterocycles. The molecule has 34 heavy (non-hydrogen) atoms. The van der Waals surface area contributed by atoms with Crippen LogP contribution in [0.3, 0.4) is 0 Å². The first-order chi connectivity index (χ1) is 16.5. The minimum absolute atomic E-state index is 0.0203. The van der Waals surface area contributed by atoms with Crippen molar-refractivity contribution in [1.82, 2.24) is 10.2 Å². The molecule has 0 radical (unpaired) electrons. The van der Waals surface area contributed by atoms with Crippen LogP contribution in [0.25, 0.3) is 0 Å². The van der Waals surface area contributed by atoms with Crippen LogP contribution in [0.2, 0.25) is 0 Å². The van der Waals surface area contributed by atoms with Gasteiger partial charge in [0.2, 0.25) is 11.8 Å². The van der Waals surface area contributed by atoms with E-state index >= 15 is 0 Å². The number of amides is 2. The van der Waals surface area contributed by atoms with Crippen LogP contribution in [0.5, 0.6) is 0 Å². The molecule has 0 spiro atoms. The first-order valence-electron chi connectivity index (χ1n) is 12.2. The summed E-state index contributed by atoms with van der Waals surface area (Å²) in [5, 5.41) is 3.04. The van der Waals surface area contributed by atoms with E-state index < -0.39 is 6.04 Å². The molecule has 1 N–H and O–H groups in total. The van der Waals surface area contributed by atoms with Gasteiger partial charge in [0.15, 0.2) is 0 Å². The Morgan fingerprint density at radius 1 is 0.794 bits per heavy atom. The molecule has 4 heteroatoms. The number of nitrogens with zero attached hydrogens (tertiary/aromatic N) is 1. The van der Waals surface area contributed by atoms with Crippen molar-refractivity contribution in [3.63, 3.8) is 0 Å². The summed E-state index contributed by atoms with van der Waals surface area (Å²) in [6.07, 6.45) is 0.860. The third-order valence-corrected chi connectivity index (χ3v) is 6.05. The number of rotatable bonds is 11. The van der Waals surface area contributed by atoms with Gasteiger partial charge in [0, 0.05) is 25.4 Å². The summed E-state index contributed by atoms with van der Waals surface area (Å²) < 4.78 is 0. The largest absolute Gasteiger partial charge is 0.354 e. The lowest BCUT2D eigenvalue weighted by molar-refractivity contribution is -0.141. The van der Waals surface area contributed by atoms with E-state index in [-0.39, 0.29) is 17.7 Å². The lowest BCUT2D eigenvalue weighted by atomic mass is 9.88. The summed E-state index contributed by atoms with van der Waals surface area (Å²) >= 11 is 0. The lowest BCUT2D eigenvalue weighted by Crippen LogP contribution is -2.49. The van der Waals surface area contributed by atoms with Crippen LogP contribution in [0.4, 0.5) is 0 Å². The lowest BCUT2D eigenvalue weighted by Gasteiger charge is -2.32. The average molecular weight is 457 g/mol. The maximum absolute atomic E-state index is 13.9. The third kappa shape index (κ3) is 7.05. The third-order valence-electron chi connectivity index (χ3n) is 6.05. The van der Waals surface area contributed by atoms with Crippen molar-refractivity contribution in [1.29, 1.82) is 0 Å². The molecule has 0 fully saturated rings. The zero-order valence-corrected chi connectivity index (χ0v) is 20.5. The van der Waals surface area contributed by atoms with E-state index in [0.717, 1.165) is 16.7 Å². The smallest absolute Gasteiger partial charge is 0.242 e. The summed E-state index contributed by atoms with van der Waals surface area (Å²) in [5.41, 5.74) is 3.21. The fourth-order valence-corrected chi connectivity index (χ4v) is 4.21. The van der Waals surface area contributed by atoms with Gasteiger partial charge in [0.05, 0.1) is 0 Å². The highest BCUT2D eigenvalue weighted by molar-refractivity contribution is 5.88. The normalized spacial score (nSPS) is 11.9. The number of carbonyl (C=O) groups excluding carboxylic acids is 2. The zero-order valence-electron chi connectivity index (χ0n) is 20.5. The molecule has 3 aromatic rings. The van der Waals surface area contributed by atoms with Crippen molar-refractivity contribution in [3.05, 3.63) is 108 Å². The maximum Gasteiger partial charge on any atom is 0.242 e. The van der Waals surface area contributed by atoms with Gasteiger partial charge in [-0.15, -0.1) is 0 Å². The Hall–Kier alpha value is -3.40. The van der Waals surface area contributed by atoms with Gasteiger partial charge in [0.1, 0.15) is 6.04 Å². The van der Waals surface area contributed by atoms with Crippen molar-refractivity contribution >= 4 is 11.8 Å². The summed E-state index contributed by atoms with van der Waals surface area (Å²) in [5.74, 6) is 0.161. The second-order valence-electron chi connectivity index (χ2n) is 9.15. The Labute approximate surface area is 204 Å². The Balaban J connectivity index is 1.91. The van der Waals surface area contributed by atoms with E-state index in [0.29, 0.717) is 31.8 Å². The molecule has 0 aromatic heterocycles. The average Bonchev–Trinajstić information content (AvgIpc) is 2.87. The SMILES string of the molecule is CCC(C(=O)NCC(C)C)N(Cc1ccccc1)C(=O)CC(c1ccccc1)c1ccccc1. The molecule has 3 aromatic carbocycles. The number of benzene rings is 3. The van der Waals surface area contributed by atoms with E-state index in [2.05, 4.69) is 43.4 Å². The second-order valence-corrected chi connectivity index (χ2v) is 9.15. The van der Waals surface area contributed by atoms with Crippen LogP contribution in [0, 0.1) is 5.92 Å². The molecular formula is C30H36N2O2. The monoisotopic (exact) mass is 456 g/mol. The highest BCUT2D eigenvalue weighted by Crippen LogP contribution is 2.29.